The monoisotopic (exact) mass is 357 g/mol. The Morgan fingerprint density at radius 2 is 1.26 bits per heavy atom. The van der Waals surface area contributed by atoms with Crippen molar-refractivity contribution in [1.29, 1.82) is 0 Å². The van der Waals surface area contributed by atoms with Gasteiger partial charge in [-0.1, -0.05) is 78.9 Å². The molecule has 138 valence electrons. The molecule has 3 aromatic carbocycles. The molecule has 27 heavy (non-hydrogen) atoms. The van der Waals surface area contributed by atoms with Crippen LogP contribution in [0.25, 0.3) is 11.1 Å². The first-order valence-electron chi connectivity index (χ1n) is 9.95. The molecule has 0 fully saturated rings. The molecule has 0 bridgehead atoms. The summed E-state index contributed by atoms with van der Waals surface area (Å²) in [7, 11) is 0. The molecule has 1 aliphatic rings. The Labute approximate surface area is 161 Å². The summed E-state index contributed by atoms with van der Waals surface area (Å²) in [5.74, 6) is 0. The number of hydrogen-bond acceptors (Lipinski definition) is 2. The highest BCUT2D eigenvalue weighted by molar-refractivity contribution is 5.79. The third-order valence-corrected chi connectivity index (χ3v) is 5.61. The lowest BCUT2D eigenvalue weighted by Crippen LogP contribution is -2.25. The molecular formula is C25H27NO. The predicted octanol–water partition coefficient (Wildman–Crippen LogP) is 4.91. The molecule has 0 radical (unpaired) electrons. The van der Waals surface area contributed by atoms with Crippen molar-refractivity contribution in [3.63, 3.8) is 0 Å². The first-order chi connectivity index (χ1) is 13.3. The minimum absolute atomic E-state index is 0.765. The molecule has 2 N–H and O–H groups in total. The summed E-state index contributed by atoms with van der Waals surface area (Å²) in [6.45, 7) is 1.99. The summed E-state index contributed by atoms with van der Waals surface area (Å²) in [6, 6.07) is 27.1. The Balaban J connectivity index is 1.31. The lowest BCUT2D eigenvalue weighted by Gasteiger charge is -2.26. The second-order valence-electron chi connectivity index (χ2n) is 7.39. The molecule has 1 aliphatic carbocycles. The second kappa shape index (κ2) is 8.08. The van der Waals surface area contributed by atoms with Crippen LogP contribution < -0.4 is 5.32 Å². The number of hydrogen-bond donors (Lipinski definition) is 2. The van der Waals surface area contributed by atoms with Gasteiger partial charge in [0.05, 0.1) is 0 Å². The molecule has 0 saturated carbocycles. The van der Waals surface area contributed by atoms with Crippen molar-refractivity contribution in [1.82, 2.24) is 5.32 Å². The van der Waals surface area contributed by atoms with Crippen molar-refractivity contribution in [3.05, 3.63) is 95.6 Å². The first kappa shape index (κ1) is 18.0. The van der Waals surface area contributed by atoms with Gasteiger partial charge in [-0.15, -0.1) is 0 Å². The molecule has 3 aromatic rings. The van der Waals surface area contributed by atoms with Crippen LogP contribution in [0.15, 0.2) is 78.9 Å². The van der Waals surface area contributed by atoms with Crippen molar-refractivity contribution in [3.8, 4) is 11.1 Å². The molecule has 2 heteroatoms. The number of nitrogens with one attached hydrogen (secondary N) is 1. The standard InChI is InChI=1S/C25H27NO/c27-25(17-8-9-18-26-19-16-20-10-2-1-3-11-20)23-14-6-4-12-21(23)22-13-5-7-15-24(22)25/h1-7,10-15,26-27H,8-9,16-19H2. The molecular weight excluding hydrogens is 330 g/mol. The third-order valence-electron chi connectivity index (χ3n) is 5.61. The van der Waals surface area contributed by atoms with Crippen molar-refractivity contribution in [2.75, 3.05) is 13.1 Å². The Kier molecular flexibility index (Phi) is 5.38. The van der Waals surface area contributed by atoms with E-state index in [0.717, 1.165) is 49.9 Å². The van der Waals surface area contributed by atoms with E-state index < -0.39 is 5.60 Å². The summed E-state index contributed by atoms with van der Waals surface area (Å²) < 4.78 is 0. The molecule has 0 saturated heterocycles. The average molecular weight is 357 g/mol. The number of benzene rings is 3. The number of unbranched alkanes of at least 4 members (excludes halogenated alkanes) is 1. The summed E-state index contributed by atoms with van der Waals surface area (Å²) in [5, 5.41) is 15.1. The van der Waals surface area contributed by atoms with Crippen LogP contribution in [0.1, 0.15) is 36.0 Å². The SMILES string of the molecule is OC1(CCCCNCCc2ccccc2)c2ccccc2-c2ccccc21. The maximum Gasteiger partial charge on any atom is 0.116 e. The zero-order chi connectivity index (χ0) is 18.5. The Morgan fingerprint density at radius 3 is 1.93 bits per heavy atom. The topological polar surface area (TPSA) is 32.3 Å². The van der Waals surface area contributed by atoms with E-state index in [-0.39, 0.29) is 0 Å². The molecule has 0 aromatic heterocycles. The van der Waals surface area contributed by atoms with Gasteiger partial charge in [-0.2, -0.15) is 0 Å². The van der Waals surface area contributed by atoms with E-state index in [4.69, 9.17) is 0 Å². The van der Waals surface area contributed by atoms with Crippen molar-refractivity contribution < 1.29 is 5.11 Å². The first-order valence-corrected chi connectivity index (χ1v) is 9.95. The van der Waals surface area contributed by atoms with Crippen LogP contribution in [-0.2, 0) is 12.0 Å². The fraction of sp³-hybridized carbons (Fsp3) is 0.280. The van der Waals surface area contributed by atoms with Crippen LogP contribution >= 0.6 is 0 Å². The fourth-order valence-electron chi connectivity index (χ4n) is 4.20. The van der Waals surface area contributed by atoms with Gasteiger partial charge < -0.3 is 10.4 Å². The normalized spacial score (nSPS) is 14.0. The van der Waals surface area contributed by atoms with E-state index in [9.17, 15) is 5.11 Å². The van der Waals surface area contributed by atoms with Gasteiger partial charge in [-0.05, 0) is 66.6 Å². The highest BCUT2D eigenvalue weighted by atomic mass is 16.3. The van der Waals surface area contributed by atoms with Crippen molar-refractivity contribution >= 4 is 0 Å². The molecule has 0 unspecified atom stereocenters. The van der Waals surface area contributed by atoms with Crippen molar-refractivity contribution in [2.45, 2.75) is 31.3 Å². The molecule has 0 heterocycles. The summed E-state index contributed by atoms with van der Waals surface area (Å²) >= 11 is 0. The highest BCUT2D eigenvalue weighted by Crippen LogP contribution is 2.49. The Hall–Kier alpha value is -2.42. The maximum absolute atomic E-state index is 11.5. The molecule has 0 spiro atoms. The smallest absolute Gasteiger partial charge is 0.116 e. The van der Waals surface area contributed by atoms with E-state index in [0.29, 0.717) is 0 Å². The predicted molar refractivity (Wildman–Crippen MR) is 112 cm³/mol. The number of aliphatic hydroxyl groups is 1. The Bertz CT molecular complexity index is 842. The largest absolute Gasteiger partial charge is 0.380 e. The van der Waals surface area contributed by atoms with Gasteiger partial charge >= 0.3 is 0 Å². The minimum Gasteiger partial charge on any atom is -0.380 e. The van der Waals surface area contributed by atoms with Crippen LogP contribution in [0.5, 0.6) is 0 Å². The van der Waals surface area contributed by atoms with Crippen molar-refractivity contribution in [2.24, 2.45) is 0 Å². The molecule has 4 rings (SSSR count). The number of fused-ring (bicyclic) bond motifs is 3. The quantitative estimate of drug-likeness (QED) is 0.562. The molecule has 0 amide bonds. The van der Waals surface area contributed by atoms with E-state index in [2.05, 4.69) is 72.0 Å². The van der Waals surface area contributed by atoms with E-state index >= 15 is 0 Å². The Morgan fingerprint density at radius 1 is 0.667 bits per heavy atom. The van der Waals surface area contributed by atoms with Gasteiger partial charge in [0.25, 0.3) is 0 Å². The maximum atomic E-state index is 11.5. The van der Waals surface area contributed by atoms with E-state index in [1.807, 2.05) is 12.1 Å². The molecule has 2 nitrogen and oxygen atoms in total. The third kappa shape index (κ3) is 3.69. The zero-order valence-corrected chi connectivity index (χ0v) is 15.7. The molecule has 0 atom stereocenters. The van der Waals surface area contributed by atoms with Gasteiger partial charge in [0, 0.05) is 0 Å². The molecule has 0 aliphatic heterocycles. The van der Waals surface area contributed by atoms with Gasteiger partial charge in [0.15, 0.2) is 0 Å². The highest BCUT2D eigenvalue weighted by Gasteiger charge is 2.40. The van der Waals surface area contributed by atoms with E-state index in [1.54, 1.807) is 0 Å². The average Bonchev–Trinajstić information content (AvgIpc) is 2.98. The van der Waals surface area contributed by atoms with Gasteiger partial charge in [-0.3, -0.25) is 0 Å². The number of rotatable bonds is 8. The minimum atomic E-state index is -0.850. The van der Waals surface area contributed by atoms with Crippen LogP contribution in [-0.4, -0.2) is 18.2 Å². The lowest BCUT2D eigenvalue weighted by molar-refractivity contribution is 0.0728. The van der Waals surface area contributed by atoms with Gasteiger partial charge in [0.1, 0.15) is 5.60 Å². The van der Waals surface area contributed by atoms with E-state index in [1.165, 1.54) is 16.7 Å². The summed E-state index contributed by atoms with van der Waals surface area (Å²) in [4.78, 5) is 0. The second-order valence-corrected chi connectivity index (χ2v) is 7.39. The summed E-state index contributed by atoms with van der Waals surface area (Å²) in [5.41, 5.74) is 5.00. The van der Waals surface area contributed by atoms with Crippen LogP contribution in [0.4, 0.5) is 0 Å². The lowest BCUT2D eigenvalue weighted by atomic mass is 9.86. The summed E-state index contributed by atoms with van der Waals surface area (Å²) in [6.07, 6.45) is 3.89. The van der Waals surface area contributed by atoms with Crippen LogP contribution in [0.3, 0.4) is 0 Å². The fourth-order valence-corrected chi connectivity index (χ4v) is 4.20. The van der Waals surface area contributed by atoms with Crippen LogP contribution in [0, 0.1) is 0 Å². The van der Waals surface area contributed by atoms with Gasteiger partial charge in [0.2, 0.25) is 0 Å². The van der Waals surface area contributed by atoms with Gasteiger partial charge in [-0.25, -0.2) is 0 Å². The zero-order valence-electron chi connectivity index (χ0n) is 15.7. The van der Waals surface area contributed by atoms with Crippen LogP contribution in [0.2, 0.25) is 0 Å².